The van der Waals surface area contributed by atoms with Crippen molar-refractivity contribution in [1.29, 1.82) is 0 Å². The second-order valence-electron chi connectivity index (χ2n) is 4.11. The largest absolute Gasteiger partial charge is 0.496 e. The Labute approximate surface area is 124 Å². The van der Waals surface area contributed by atoms with E-state index in [0.717, 1.165) is 10.0 Å². The third kappa shape index (κ3) is 4.82. The highest BCUT2D eigenvalue weighted by atomic mass is 79.9. The van der Waals surface area contributed by atoms with Crippen molar-refractivity contribution in [3.8, 4) is 5.75 Å². The molecule has 110 valence electrons. The number of carboxylic acid groups (broad SMARTS) is 1. The summed E-state index contributed by atoms with van der Waals surface area (Å²) in [7, 11) is 1.56. The Bertz CT molecular complexity index is 492. The molecule has 0 bridgehead atoms. The lowest BCUT2D eigenvalue weighted by Crippen LogP contribution is -2.43. The number of aryl methyl sites for hydroxylation is 1. The highest BCUT2D eigenvalue weighted by Crippen LogP contribution is 2.25. The first-order valence-electron chi connectivity index (χ1n) is 5.93. The number of nitrogens with one attached hydrogen (secondary N) is 1. The summed E-state index contributed by atoms with van der Waals surface area (Å²) in [4.78, 5) is 22.2. The zero-order chi connectivity index (χ0) is 15.1. The molecule has 7 heteroatoms. The second kappa shape index (κ2) is 7.86. The summed E-state index contributed by atoms with van der Waals surface area (Å²) in [6.45, 7) is -0.630. The van der Waals surface area contributed by atoms with Crippen LogP contribution in [-0.2, 0) is 16.0 Å². The van der Waals surface area contributed by atoms with Crippen molar-refractivity contribution in [2.75, 3.05) is 13.7 Å². The van der Waals surface area contributed by atoms with Crippen LogP contribution in [0.15, 0.2) is 22.7 Å². The number of carbonyl (C=O) groups excluding carboxylic acids is 1. The molecule has 0 saturated heterocycles. The van der Waals surface area contributed by atoms with Gasteiger partial charge in [0, 0.05) is 6.42 Å². The van der Waals surface area contributed by atoms with Crippen LogP contribution in [0.2, 0.25) is 0 Å². The maximum atomic E-state index is 11.6. The highest BCUT2D eigenvalue weighted by molar-refractivity contribution is 9.10. The molecule has 0 radical (unpaired) electrons. The van der Waals surface area contributed by atoms with Gasteiger partial charge in [0.1, 0.15) is 11.8 Å². The summed E-state index contributed by atoms with van der Waals surface area (Å²) in [5, 5.41) is 19.8. The molecule has 0 aliphatic carbocycles. The van der Waals surface area contributed by atoms with E-state index in [9.17, 15) is 9.59 Å². The molecule has 0 aromatic heterocycles. The van der Waals surface area contributed by atoms with Crippen LogP contribution in [0.25, 0.3) is 0 Å². The SMILES string of the molecule is COc1ccc(CCC(=O)N[C@@H](CO)C(=O)O)cc1Br. The number of halogens is 1. The lowest BCUT2D eigenvalue weighted by Gasteiger charge is -2.11. The Kier molecular flexibility index (Phi) is 6.47. The predicted molar refractivity (Wildman–Crippen MR) is 75.7 cm³/mol. The molecule has 6 nitrogen and oxygen atoms in total. The van der Waals surface area contributed by atoms with Gasteiger partial charge < -0.3 is 20.3 Å². The Balaban J connectivity index is 2.52. The highest BCUT2D eigenvalue weighted by Gasteiger charge is 2.18. The van der Waals surface area contributed by atoms with Crippen LogP contribution in [0.5, 0.6) is 5.75 Å². The zero-order valence-corrected chi connectivity index (χ0v) is 12.5. The maximum Gasteiger partial charge on any atom is 0.328 e. The molecule has 0 heterocycles. The van der Waals surface area contributed by atoms with E-state index in [4.69, 9.17) is 14.9 Å². The Morgan fingerprint density at radius 3 is 2.65 bits per heavy atom. The number of carbonyl (C=O) groups is 2. The number of aliphatic carboxylic acids is 1. The molecule has 1 aromatic carbocycles. The molecular weight excluding hydrogens is 330 g/mol. The number of carboxylic acids is 1. The number of aliphatic hydroxyl groups is 1. The summed E-state index contributed by atoms with van der Waals surface area (Å²) in [5.74, 6) is -0.976. The third-order valence-corrected chi connectivity index (χ3v) is 3.29. The topological polar surface area (TPSA) is 95.9 Å². The number of methoxy groups -OCH3 is 1. The number of aliphatic hydroxyl groups excluding tert-OH is 1. The fourth-order valence-corrected chi connectivity index (χ4v) is 2.16. The summed E-state index contributed by atoms with van der Waals surface area (Å²) in [6, 6.07) is 4.19. The quantitative estimate of drug-likeness (QED) is 0.683. The number of amides is 1. The molecule has 0 aliphatic rings. The van der Waals surface area contributed by atoms with Crippen LogP contribution in [0.4, 0.5) is 0 Å². The summed E-state index contributed by atoms with van der Waals surface area (Å²) < 4.78 is 5.89. The number of ether oxygens (including phenoxy) is 1. The van der Waals surface area contributed by atoms with Crippen LogP contribution >= 0.6 is 15.9 Å². The average Bonchev–Trinajstić information content (AvgIpc) is 2.42. The number of hydrogen-bond acceptors (Lipinski definition) is 4. The van der Waals surface area contributed by atoms with Crippen LogP contribution < -0.4 is 10.1 Å². The van der Waals surface area contributed by atoms with Gasteiger partial charge in [0.2, 0.25) is 5.91 Å². The van der Waals surface area contributed by atoms with E-state index in [1.54, 1.807) is 13.2 Å². The molecule has 0 fully saturated rings. The van der Waals surface area contributed by atoms with E-state index >= 15 is 0 Å². The van der Waals surface area contributed by atoms with E-state index in [0.29, 0.717) is 12.2 Å². The van der Waals surface area contributed by atoms with Gasteiger partial charge in [-0.2, -0.15) is 0 Å². The molecule has 0 unspecified atom stereocenters. The minimum absolute atomic E-state index is 0.141. The van der Waals surface area contributed by atoms with E-state index in [1.807, 2.05) is 12.1 Å². The minimum Gasteiger partial charge on any atom is -0.496 e. The summed E-state index contributed by atoms with van der Waals surface area (Å²) in [6.07, 6.45) is 0.606. The second-order valence-corrected chi connectivity index (χ2v) is 4.96. The predicted octanol–water partition coefficient (Wildman–Crippen LogP) is 0.952. The number of benzene rings is 1. The van der Waals surface area contributed by atoms with E-state index in [-0.39, 0.29) is 6.42 Å². The summed E-state index contributed by atoms with van der Waals surface area (Å²) >= 11 is 3.35. The Hall–Kier alpha value is -1.60. The van der Waals surface area contributed by atoms with Crippen molar-refractivity contribution in [2.24, 2.45) is 0 Å². The fraction of sp³-hybridized carbons (Fsp3) is 0.385. The van der Waals surface area contributed by atoms with E-state index in [2.05, 4.69) is 21.2 Å². The normalized spacial score (nSPS) is 11.8. The lowest BCUT2D eigenvalue weighted by atomic mass is 10.1. The smallest absolute Gasteiger partial charge is 0.328 e. The Morgan fingerprint density at radius 1 is 1.45 bits per heavy atom. The zero-order valence-electron chi connectivity index (χ0n) is 10.9. The van der Waals surface area contributed by atoms with Gasteiger partial charge in [0.15, 0.2) is 0 Å². The van der Waals surface area contributed by atoms with Crippen LogP contribution in [0.3, 0.4) is 0 Å². The monoisotopic (exact) mass is 345 g/mol. The first-order valence-corrected chi connectivity index (χ1v) is 6.72. The van der Waals surface area contributed by atoms with Gasteiger partial charge in [-0.05, 0) is 40.0 Å². The average molecular weight is 346 g/mol. The van der Waals surface area contributed by atoms with Crippen molar-refractivity contribution in [3.05, 3.63) is 28.2 Å². The lowest BCUT2D eigenvalue weighted by molar-refractivity contribution is -0.142. The molecular formula is C13H16BrNO5. The van der Waals surface area contributed by atoms with E-state index in [1.165, 1.54) is 0 Å². The molecule has 1 atom stereocenters. The molecule has 1 rings (SSSR count). The summed E-state index contributed by atoms with van der Waals surface area (Å²) in [5.41, 5.74) is 0.920. The number of rotatable bonds is 7. The molecule has 3 N–H and O–H groups in total. The molecule has 0 spiro atoms. The molecule has 1 aromatic rings. The molecule has 0 aliphatic heterocycles. The minimum atomic E-state index is -1.26. The van der Waals surface area contributed by atoms with Crippen LogP contribution in [-0.4, -0.2) is 41.8 Å². The van der Waals surface area contributed by atoms with Crippen molar-refractivity contribution < 1.29 is 24.5 Å². The van der Waals surface area contributed by atoms with Crippen LogP contribution in [0.1, 0.15) is 12.0 Å². The van der Waals surface area contributed by atoms with Crippen molar-refractivity contribution in [1.82, 2.24) is 5.32 Å². The van der Waals surface area contributed by atoms with Gasteiger partial charge in [-0.3, -0.25) is 4.79 Å². The molecule has 0 saturated carbocycles. The first kappa shape index (κ1) is 16.5. The third-order valence-electron chi connectivity index (χ3n) is 2.67. The van der Waals surface area contributed by atoms with Crippen molar-refractivity contribution in [2.45, 2.75) is 18.9 Å². The Morgan fingerprint density at radius 2 is 2.15 bits per heavy atom. The fourth-order valence-electron chi connectivity index (χ4n) is 1.58. The number of hydrogen-bond donors (Lipinski definition) is 3. The standard InChI is InChI=1S/C13H16BrNO5/c1-20-11-4-2-8(6-9(11)14)3-5-12(17)15-10(7-16)13(18)19/h2,4,6,10,16H,3,5,7H2,1H3,(H,15,17)(H,18,19)/t10-/m0/s1. The molecule has 1 amide bonds. The first-order chi connectivity index (χ1) is 9.47. The maximum absolute atomic E-state index is 11.6. The van der Waals surface area contributed by atoms with Crippen LogP contribution in [0, 0.1) is 0 Å². The van der Waals surface area contributed by atoms with Gasteiger partial charge in [0.25, 0.3) is 0 Å². The van der Waals surface area contributed by atoms with Gasteiger partial charge in [0.05, 0.1) is 18.2 Å². The van der Waals surface area contributed by atoms with Gasteiger partial charge in [-0.15, -0.1) is 0 Å². The molecule has 20 heavy (non-hydrogen) atoms. The van der Waals surface area contributed by atoms with Gasteiger partial charge in [-0.25, -0.2) is 4.79 Å². The van der Waals surface area contributed by atoms with Gasteiger partial charge >= 0.3 is 5.97 Å². The van der Waals surface area contributed by atoms with Crippen molar-refractivity contribution in [3.63, 3.8) is 0 Å². The van der Waals surface area contributed by atoms with Crippen molar-refractivity contribution >= 4 is 27.8 Å². The van der Waals surface area contributed by atoms with Gasteiger partial charge in [-0.1, -0.05) is 6.07 Å². The van der Waals surface area contributed by atoms with E-state index < -0.39 is 24.5 Å².